The Kier molecular flexibility index (Phi) is 4.67. The van der Waals surface area contributed by atoms with E-state index >= 15 is 0 Å². The summed E-state index contributed by atoms with van der Waals surface area (Å²) >= 11 is 0. The molecule has 0 radical (unpaired) electrons. The second-order valence-electron chi connectivity index (χ2n) is 5.60. The largest absolute Gasteiger partial charge is 0.394 e. The molecule has 21 heavy (non-hydrogen) atoms. The summed E-state index contributed by atoms with van der Waals surface area (Å²) in [4.78, 5) is 0. The zero-order valence-electron chi connectivity index (χ0n) is 12.1. The molecule has 0 bridgehead atoms. The van der Waals surface area contributed by atoms with Crippen LogP contribution in [0.5, 0.6) is 0 Å². The Balaban J connectivity index is 2.38. The summed E-state index contributed by atoms with van der Waals surface area (Å²) in [6.07, 6.45) is -3.65. The summed E-state index contributed by atoms with van der Waals surface area (Å²) in [5.74, 6) is 0. The molecule has 0 aliphatic carbocycles. The van der Waals surface area contributed by atoms with Gasteiger partial charge in [0.05, 0.1) is 6.61 Å². The van der Waals surface area contributed by atoms with E-state index in [1.807, 2.05) is 6.07 Å². The van der Waals surface area contributed by atoms with Crippen molar-refractivity contribution >= 4 is 0 Å². The van der Waals surface area contributed by atoms with Crippen molar-refractivity contribution < 1.29 is 29.9 Å². The molecule has 4 N–H and O–H groups in total. The predicted molar refractivity (Wildman–Crippen MR) is 74.5 cm³/mol. The first-order valence-corrected chi connectivity index (χ1v) is 6.82. The molecular weight excluding hydrogens is 276 g/mol. The van der Waals surface area contributed by atoms with Gasteiger partial charge in [0.2, 0.25) is 0 Å². The van der Waals surface area contributed by atoms with Gasteiger partial charge >= 0.3 is 0 Å². The van der Waals surface area contributed by atoms with Crippen molar-refractivity contribution in [3.05, 3.63) is 35.9 Å². The minimum atomic E-state index is -1.92. The molecule has 1 fully saturated rings. The summed E-state index contributed by atoms with van der Waals surface area (Å²) in [7, 11) is 1.33. The summed E-state index contributed by atoms with van der Waals surface area (Å²) < 4.78 is 10.4. The highest BCUT2D eigenvalue weighted by atomic mass is 16.7. The van der Waals surface area contributed by atoms with Gasteiger partial charge < -0.3 is 29.9 Å². The summed E-state index contributed by atoms with van der Waals surface area (Å²) in [5.41, 5.74) is -3.02. The van der Waals surface area contributed by atoms with E-state index in [0.29, 0.717) is 0 Å². The van der Waals surface area contributed by atoms with Crippen LogP contribution in [0.3, 0.4) is 0 Å². The van der Waals surface area contributed by atoms with Gasteiger partial charge in [-0.05, 0) is 12.5 Å². The van der Waals surface area contributed by atoms with Crippen LogP contribution in [0.4, 0.5) is 0 Å². The maximum atomic E-state index is 11.0. The average molecular weight is 298 g/mol. The molecule has 2 rings (SSSR count). The van der Waals surface area contributed by atoms with Crippen LogP contribution in [0, 0.1) is 0 Å². The lowest BCUT2D eigenvalue weighted by molar-refractivity contribution is -0.364. The van der Waals surface area contributed by atoms with Crippen LogP contribution >= 0.6 is 0 Å². The Morgan fingerprint density at radius 2 is 1.86 bits per heavy atom. The summed E-state index contributed by atoms with van der Waals surface area (Å²) in [6, 6.07) is 9.01. The van der Waals surface area contributed by atoms with Crippen LogP contribution in [0.2, 0.25) is 0 Å². The molecule has 1 aliphatic heterocycles. The van der Waals surface area contributed by atoms with Gasteiger partial charge in [0.25, 0.3) is 0 Å². The zero-order chi connectivity index (χ0) is 15.7. The summed E-state index contributed by atoms with van der Waals surface area (Å²) in [6.45, 7) is 0.856. The Labute approximate surface area is 123 Å². The monoisotopic (exact) mass is 298 g/mol. The van der Waals surface area contributed by atoms with Crippen LogP contribution in [0.1, 0.15) is 12.5 Å². The standard InChI is InChI=1S/C15H22O6/c1-14(18)13(20-2)21-11(9-16)12(17)15(14,19)8-10-6-4-3-5-7-10/h3-7,11-13,16-19H,8-9H2,1-2H3/t11-,12-,13+,14+,15-/m1/s1. The lowest BCUT2D eigenvalue weighted by Gasteiger charge is -2.53. The molecule has 1 aromatic rings. The van der Waals surface area contributed by atoms with Crippen LogP contribution < -0.4 is 0 Å². The van der Waals surface area contributed by atoms with E-state index < -0.39 is 36.3 Å². The van der Waals surface area contributed by atoms with Crippen LogP contribution in [0.25, 0.3) is 0 Å². The highest BCUT2D eigenvalue weighted by Gasteiger charge is 2.62. The number of aliphatic hydroxyl groups excluding tert-OH is 2. The van der Waals surface area contributed by atoms with Gasteiger partial charge in [-0.1, -0.05) is 30.3 Å². The summed E-state index contributed by atoms with van der Waals surface area (Å²) in [5, 5.41) is 41.3. The molecule has 1 saturated heterocycles. The SMILES string of the molecule is CO[C@H]1O[C@H](CO)[C@@H](O)[C@](O)(Cc2ccccc2)[C@@]1(C)O. The molecule has 118 valence electrons. The van der Waals surface area contributed by atoms with Gasteiger partial charge in [0, 0.05) is 13.5 Å². The topological polar surface area (TPSA) is 99.4 Å². The van der Waals surface area contributed by atoms with Crippen LogP contribution in [0.15, 0.2) is 30.3 Å². The first kappa shape index (κ1) is 16.4. The van der Waals surface area contributed by atoms with E-state index in [2.05, 4.69) is 0 Å². The van der Waals surface area contributed by atoms with Crippen molar-refractivity contribution in [3.63, 3.8) is 0 Å². The van der Waals surface area contributed by atoms with Crippen molar-refractivity contribution in [1.29, 1.82) is 0 Å². The van der Waals surface area contributed by atoms with E-state index in [4.69, 9.17) is 9.47 Å². The van der Waals surface area contributed by atoms with Crippen LogP contribution in [-0.4, -0.2) is 63.8 Å². The minimum absolute atomic E-state index is 0.00171. The fourth-order valence-corrected chi connectivity index (χ4v) is 2.80. The zero-order valence-corrected chi connectivity index (χ0v) is 12.1. The molecule has 6 nitrogen and oxygen atoms in total. The maximum absolute atomic E-state index is 11.0. The third-order valence-corrected chi connectivity index (χ3v) is 4.19. The maximum Gasteiger partial charge on any atom is 0.189 e. The molecule has 1 heterocycles. The molecule has 0 unspecified atom stereocenters. The van der Waals surface area contributed by atoms with Gasteiger partial charge in [0.15, 0.2) is 6.29 Å². The van der Waals surface area contributed by atoms with Crippen molar-refractivity contribution in [2.75, 3.05) is 13.7 Å². The van der Waals surface area contributed by atoms with E-state index in [-0.39, 0.29) is 6.42 Å². The van der Waals surface area contributed by atoms with Crippen molar-refractivity contribution in [3.8, 4) is 0 Å². The van der Waals surface area contributed by atoms with E-state index in [1.165, 1.54) is 14.0 Å². The molecule has 0 spiro atoms. The normalized spacial score (nSPS) is 40.2. The fraction of sp³-hybridized carbons (Fsp3) is 0.600. The Morgan fingerprint density at radius 3 is 2.38 bits per heavy atom. The van der Waals surface area contributed by atoms with E-state index in [9.17, 15) is 20.4 Å². The number of hydrogen-bond acceptors (Lipinski definition) is 6. The first-order valence-electron chi connectivity index (χ1n) is 6.82. The number of rotatable bonds is 4. The third kappa shape index (κ3) is 2.70. The van der Waals surface area contributed by atoms with Gasteiger partial charge in [-0.3, -0.25) is 0 Å². The number of hydrogen-bond donors (Lipinski definition) is 4. The molecule has 0 amide bonds. The van der Waals surface area contributed by atoms with Crippen molar-refractivity contribution in [1.82, 2.24) is 0 Å². The van der Waals surface area contributed by atoms with Gasteiger partial charge in [-0.2, -0.15) is 0 Å². The molecule has 1 aromatic carbocycles. The average Bonchev–Trinajstić information content (AvgIpc) is 2.47. The fourth-order valence-electron chi connectivity index (χ4n) is 2.80. The van der Waals surface area contributed by atoms with Crippen molar-refractivity contribution in [2.24, 2.45) is 0 Å². The Hall–Kier alpha value is -1.02. The van der Waals surface area contributed by atoms with Gasteiger partial charge in [0.1, 0.15) is 23.4 Å². The number of methoxy groups -OCH3 is 1. The molecule has 0 aromatic heterocycles. The van der Waals surface area contributed by atoms with E-state index in [1.54, 1.807) is 24.3 Å². The predicted octanol–water partition coefficient (Wildman–Crippen LogP) is -0.564. The number of aliphatic hydroxyl groups is 4. The second-order valence-corrected chi connectivity index (χ2v) is 5.60. The highest BCUT2D eigenvalue weighted by molar-refractivity contribution is 5.22. The van der Waals surface area contributed by atoms with Gasteiger partial charge in [-0.25, -0.2) is 0 Å². The number of benzene rings is 1. The van der Waals surface area contributed by atoms with E-state index in [0.717, 1.165) is 5.56 Å². The smallest absolute Gasteiger partial charge is 0.189 e. The molecule has 6 heteroatoms. The van der Waals surface area contributed by atoms with Gasteiger partial charge in [-0.15, -0.1) is 0 Å². The Morgan fingerprint density at radius 1 is 1.24 bits per heavy atom. The highest BCUT2D eigenvalue weighted by Crippen LogP contribution is 2.40. The molecule has 0 saturated carbocycles. The first-order chi connectivity index (χ1) is 9.86. The minimum Gasteiger partial charge on any atom is -0.394 e. The molecule has 5 atom stereocenters. The van der Waals surface area contributed by atoms with Crippen LogP contribution in [-0.2, 0) is 15.9 Å². The third-order valence-electron chi connectivity index (χ3n) is 4.19. The van der Waals surface area contributed by atoms with Crippen molar-refractivity contribution in [2.45, 2.75) is 43.0 Å². The second kappa shape index (κ2) is 6.00. The lowest BCUT2D eigenvalue weighted by Crippen LogP contribution is -2.74. The molecular formula is C15H22O6. The lowest BCUT2D eigenvalue weighted by atomic mass is 9.71. The Bertz CT molecular complexity index is 462. The quantitative estimate of drug-likeness (QED) is 0.594. The molecule has 1 aliphatic rings. The number of ether oxygens (including phenoxy) is 2.